The van der Waals surface area contributed by atoms with E-state index in [0.29, 0.717) is 6.10 Å². The van der Waals surface area contributed by atoms with Gasteiger partial charge in [-0.1, -0.05) is 84.6 Å². The second-order valence-electron chi connectivity index (χ2n) is 5.68. The minimum Gasteiger partial charge on any atom is -0.499 e. The quantitative estimate of drug-likeness (QED) is 0.239. The molecule has 1 atom stereocenters. The predicted molar refractivity (Wildman–Crippen MR) is 86.4 cm³/mol. The zero-order chi connectivity index (χ0) is 14.2. The zero-order valence-corrected chi connectivity index (χ0v) is 13.5. The van der Waals surface area contributed by atoms with Crippen LogP contribution in [0.3, 0.4) is 0 Å². The Morgan fingerprint density at radius 3 is 1.74 bits per heavy atom. The molecule has 114 valence electrons. The van der Waals surface area contributed by atoms with Crippen LogP contribution < -0.4 is 0 Å². The first-order valence-corrected chi connectivity index (χ1v) is 8.61. The van der Waals surface area contributed by atoms with Crippen LogP contribution in [0.25, 0.3) is 0 Å². The van der Waals surface area contributed by atoms with Crippen molar-refractivity contribution in [2.75, 3.05) is 0 Å². The first-order valence-electron chi connectivity index (χ1n) is 8.61. The largest absolute Gasteiger partial charge is 0.499 e. The number of ether oxygens (including phenoxy) is 1. The van der Waals surface area contributed by atoms with E-state index in [1.165, 1.54) is 83.5 Å². The van der Waals surface area contributed by atoms with Gasteiger partial charge in [-0.2, -0.15) is 0 Å². The van der Waals surface area contributed by atoms with Crippen molar-refractivity contribution in [2.45, 2.75) is 103 Å². The highest BCUT2D eigenvalue weighted by Gasteiger charge is 2.06. The molecule has 1 nitrogen and oxygen atoms in total. The molecule has 0 aromatic carbocycles. The summed E-state index contributed by atoms with van der Waals surface area (Å²) in [6, 6.07) is 0. The van der Waals surface area contributed by atoms with Gasteiger partial charge < -0.3 is 4.74 Å². The molecule has 0 aromatic rings. The molecule has 1 unspecified atom stereocenters. The highest BCUT2D eigenvalue weighted by Crippen LogP contribution is 2.15. The van der Waals surface area contributed by atoms with Crippen LogP contribution in [0.5, 0.6) is 0 Å². The van der Waals surface area contributed by atoms with Gasteiger partial charge in [0.25, 0.3) is 0 Å². The molecule has 0 bridgehead atoms. The first kappa shape index (κ1) is 18.5. The average molecular weight is 268 g/mol. The Bertz CT molecular complexity index is 177. The maximum Gasteiger partial charge on any atom is 0.0978 e. The molecule has 0 aliphatic heterocycles. The Balaban J connectivity index is 3.31. The molecule has 0 heterocycles. The summed E-state index contributed by atoms with van der Waals surface area (Å²) in [6.07, 6.45) is 19.6. The monoisotopic (exact) mass is 268 g/mol. The van der Waals surface area contributed by atoms with E-state index in [1.54, 1.807) is 6.26 Å². The number of rotatable bonds is 15. The van der Waals surface area contributed by atoms with Gasteiger partial charge in [0.15, 0.2) is 0 Å². The van der Waals surface area contributed by atoms with Crippen LogP contribution in [0.1, 0.15) is 97.3 Å². The molecule has 0 radical (unpaired) electrons. The van der Waals surface area contributed by atoms with Gasteiger partial charge in [0.2, 0.25) is 0 Å². The van der Waals surface area contributed by atoms with Crippen LogP contribution in [0, 0.1) is 0 Å². The smallest absolute Gasteiger partial charge is 0.0978 e. The second-order valence-corrected chi connectivity index (χ2v) is 5.68. The lowest BCUT2D eigenvalue weighted by atomic mass is 10.0. The van der Waals surface area contributed by atoms with E-state index in [-0.39, 0.29) is 0 Å². The van der Waals surface area contributed by atoms with E-state index in [4.69, 9.17) is 4.74 Å². The lowest BCUT2D eigenvalue weighted by Crippen LogP contribution is -2.09. The van der Waals surface area contributed by atoms with Crippen molar-refractivity contribution in [1.29, 1.82) is 0 Å². The molecular formula is C18H36O. The Morgan fingerprint density at radius 2 is 1.21 bits per heavy atom. The van der Waals surface area contributed by atoms with Gasteiger partial charge in [0.1, 0.15) is 0 Å². The van der Waals surface area contributed by atoms with Gasteiger partial charge in [-0.25, -0.2) is 0 Å². The zero-order valence-electron chi connectivity index (χ0n) is 13.5. The molecule has 0 saturated carbocycles. The van der Waals surface area contributed by atoms with Crippen molar-refractivity contribution in [1.82, 2.24) is 0 Å². The molecule has 1 heteroatoms. The molecule has 0 fully saturated rings. The molecule has 0 rings (SSSR count). The van der Waals surface area contributed by atoms with Crippen molar-refractivity contribution in [3.05, 3.63) is 12.8 Å². The Hall–Kier alpha value is -0.460. The third kappa shape index (κ3) is 13.8. The minimum absolute atomic E-state index is 0.419. The summed E-state index contributed by atoms with van der Waals surface area (Å²) in [5.74, 6) is 0. The van der Waals surface area contributed by atoms with E-state index in [2.05, 4.69) is 20.4 Å². The second kappa shape index (κ2) is 15.6. The molecule has 0 spiro atoms. The van der Waals surface area contributed by atoms with Crippen molar-refractivity contribution in [3.63, 3.8) is 0 Å². The van der Waals surface area contributed by atoms with Crippen LogP contribution in [-0.2, 0) is 4.74 Å². The van der Waals surface area contributed by atoms with Crippen LogP contribution >= 0.6 is 0 Å². The Morgan fingerprint density at radius 1 is 0.737 bits per heavy atom. The van der Waals surface area contributed by atoms with E-state index in [1.807, 2.05) is 0 Å². The minimum atomic E-state index is 0.419. The molecule has 0 N–H and O–H groups in total. The van der Waals surface area contributed by atoms with Gasteiger partial charge in [0, 0.05) is 0 Å². The lowest BCUT2D eigenvalue weighted by Gasteiger charge is -2.15. The topological polar surface area (TPSA) is 9.23 Å². The summed E-state index contributed by atoms with van der Waals surface area (Å²) >= 11 is 0. The van der Waals surface area contributed by atoms with Crippen LogP contribution in [0.4, 0.5) is 0 Å². The fraction of sp³-hybridized carbons (Fsp3) is 0.889. The standard InChI is InChI=1S/C18H36O/c1-4-7-9-10-11-12-13-14-15-17-18(19-6-3)16-8-5-2/h6,18H,3-5,7-17H2,1-2H3. The van der Waals surface area contributed by atoms with Gasteiger partial charge >= 0.3 is 0 Å². The normalized spacial score (nSPS) is 12.3. The lowest BCUT2D eigenvalue weighted by molar-refractivity contribution is 0.122. The van der Waals surface area contributed by atoms with Crippen molar-refractivity contribution >= 4 is 0 Å². The average Bonchev–Trinajstić information content (AvgIpc) is 2.42. The summed E-state index contributed by atoms with van der Waals surface area (Å²) < 4.78 is 5.58. The molecule has 0 amide bonds. The van der Waals surface area contributed by atoms with Crippen molar-refractivity contribution in [3.8, 4) is 0 Å². The summed E-state index contributed by atoms with van der Waals surface area (Å²) in [5, 5.41) is 0. The number of hydrogen-bond donors (Lipinski definition) is 0. The number of unbranched alkanes of at least 4 members (excludes halogenated alkanes) is 9. The first-order chi connectivity index (χ1) is 9.35. The van der Waals surface area contributed by atoms with Crippen molar-refractivity contribution in [2.24, 2.45) is 0 Å². The summed E-state index contributed by atoms with van der Waals surface area (Å²) in [5.41, 5.74) is 0. The molecular weight excluding hydrogens is 232 g/mol. The molecule has 0 aliphatic rings. The maximum absolute atomic E-state index is 5.58. The Kier molecular flexibility index (Phi) is 15.2. The number of hydrogen-bond acceptors (Lipinski definition) is 1. The van der Waals surface area contributed by atoms with Gasteiger partial charge in [-0.15, -0.1) is 0 Å². The van der Waals surface area contributed by atoms with Crippen LogP contribution in [-0.4, -0.2) is 6.10 Å². The molecule has 0 aliphatic carbocycles. The van der Waals surface area contributed by atoms with Crippen molar-refractivity contribution < 1.29 is 4.74 Å². The SMILES string of the molecule is C=COC(CCCC)CCCCCCCCCCC. The fourth-order valence-corrected chi connectivity index (χ4v) is 2.53. The molecule has 19 heavy (non-hydrogen) atoms. The summed E-state index contributed by atoms with van der Waals surface area (Å²) in [6.45, 7) is 8.20. The van der Waals surface area contributed by atoms with Gasteiger partial charge in [-0.3, -0.25) is 0 Å². The molecule has 0 aromatic heterocycles. The third-order valence-corrected chi connectivity index (χ3v) is 3.80. The van der Waals surface area contributed by atoms with E-state index in [0.717, 1.165) is 0 Å². The summed E-state index contributed by atoms with van der Waals surface area (Å²) in [4.78, 5) is 0. The van der Waals surface area contributed by atoms with Crippen LogP contribution in [0.15, 0.2) is 12.8 Å². The predicted octanol–water partition coefficient (Wildman–Crippen LogP) is 6.63. The fourth-order valence-electron chi connectivity index (χ4n) is 2.53. The van der Waals surface area contributed by atoms with Crippen LogP contribution in [0.2, 0.25) is 0 Å². The third-order valence-electron chi connectivity index (χ3n) is 3.80. The highest BCUT2D eigenvalue weighted by molar-refractivity contribution is 4.63. The maximum atomic E-state index is 5.58. The van der Waals surface area contributed by atoms with E-state index < -0.39 is 0 Å². The van der Waals surface area contributed by atoms with E-state index in [9.17, 15) is 0 Å². The van der Waals surface area contributed by atoms with Gasteiger partial charge in [0.05, 0.1) is 12.4 Å². The summed E-state index contributed by atoms with van der Waals surface area (Å²) in [7, 11) is 0. The molecule has 0 saturated heterocycles. The highest BCUT2D eigenvalue weighted by atomic mass is 16.5. The van der Waals surface area contributed by atoms with E-state index >= 15 is 0 Å². The van der Waals surface area contributed by atoms with Gasteiger partial charge in [-0.05, 0) is 19.3 Å². The Labute approximate surface area is 121 Å².